The molecule has 1 heterocycles. The Morgan fingerprint density at radius 2 is 2.19 bits per heavy atom. The van der Waals surface area contributed by atoms with Crippen molar-refractivity contribution in [2.24, 2.45) is 0 Å². The van der Waals surface area contributed by atoms with Crippen LogP contribution in [0.5, 0.6) is 0 Å². The highest BCUT2D eigenvalue weighted by Crippen LogP contribution is 2.14. The van der Waals surface area contributed by atoms with Crippen molar-refractivity contribution < 1.29 is 14.6 Å². The summed E-state index contributed by atoms with van der Waals surface area (Å²) in [6.07, 6.45) is 7.22. The van der Waals surface area contributed by atoms with Crippen LogP contribution >= 0.6 is 0 Å². The first-order valence-electron chi connectivity index (χ1n) is 6.33. The third kappa shape index (κ3) is 6.80. The third-order valence-corrected chi connectivity index (χ3v) is 2.91. The summed E-state index contributed by atoms with van der Waals surface area (Å²) < 4.78 is 5.62. The van der Waals surface area contributed by atoms with E-state index < -0.39 is 5.97 Å². The molecule has 1 fully saturated rings. The summed E-state index contributed by atoms with van der Waals surface area (Å²) in [5.74, 6) is -0.699. The summed E-state index contributed by atoms with van der Waals surface area (Å²) in [5, 5.41) is 11.8. The molecule has 1 saturated heterocycles. The fraction of sp³-hybridized carbons (Fsp3) is 0.917. The maximum absolute atomic E-state index is 10.3. The number of hydrogen-bond donors (Lipinski definition) is 2. The zero-order valence-corrected chi connectivity index (χ0v) is 9.91. The molecule has 0 aliphatic carbocycles. The molecule has 94 valence electrons. The number of carboxylic acid groups (broad SMARTS) is 1. The number of unbranched alkanes of at least 4 members (excludes halogenated alkanes) is 1. The van der Waals surface area contributed by atoms with E-state index in [1.54, 1.807) is 0 Å². The van der Waals surface area contributed by atoms with E-state index in [4.69, 9.17) is 9.84 Å². The van der Waals surface area contributed by atoms with Gasteiger partial charge < -0.3 is 15.2 Å². The fourth-order valence-corrected chi connectivity index (χ4v) is 1.95. The Balaban J connectivity index is 1.82. The number of nitrogens with one attached hydrogen (secondary N) is 1. The quantitative estimate of drug-likeness (QED) is 0.623. The van der Waals surface area contributed by atoms with Gasteiger partial charge >= 0.3 is 5.97 Å². The van der Waals surface area contributed by atoms with E-state index in [1.165, 1.54) is 19.3 Å². The predicted molar refractivity (Wildman–Crippen MR) is 62.6 cm³/mol. The van der Waals surface area contributed by atoms with Gasteiger partial charge in [0.2, 0.25) is 0 Å². The van der Waals surface area contributed by atoms with E-state index in [9.17, 15) is 4.79 Å². The number of hydrogen-bond acceptors (Lipinski definition) is 3. The number of aliphatic carboxylic acids is 1. The molecule has 16 heavy (non-hydrogen) atoms. The highest BCUT2D eigenvalue weighted by Gasteiger charge is 2.12. The van der Waals surface area contributed by atoms with Crippen molar-refractivity contribution in [2.45, 2.75) is 51.0 Å². The monoisotopic (exact) mass is 229 g/mol. The van der Waals surface area contributed by atoms with Crippen molar-refractivity contribution >= 4 is 5.97 Å². The van der Waals surface area contributed by atoms with Crippen LogP contribution in [0.4, 0.5) is 0 Å². The lowest BCUT2D eigenvalue weighted by atomic mass is 10.1. The van der Waals surface area contributed by atoms with Crippen LogP contribution in [0.3, 0.4) is 0 Å². The van der Waals surface area contributed by atoms with Crippen LogP contribution < -0.4 is 5.32 Å². The summed E-state index contributed by atoms with van der Waals surface area (Å²) >= 11 is 0. The maximum Gasteiger partial charge on any atom is 0.303 e. The topological polar surface area (TPSA) is 58.6 Å². The van der Waals surface area contributed by atoms with E-state index in [2.05, 4.69) is 5.32 Å². The van der Waals surface area contributed by atoms with Gasteiger partial charge in [-0.05, 0) is 51.6 Å². The summed E-state index contributed by atoms with van der Waals surface area (Å²) in [7, 11) is 0. The molecule has 1 atom stereocenters. The molecule has 0 saturated carbocycles. The van der Waals surface area contributed by atoms with Gasteiger partial charge in [0, 0.05) is 13.0 Å². The van der Waals surface area contributed by atoms with Crippen molar-refractivity contribution in [3.63, 3.8) is 0 Å². The van der Waals surface area contributed by atoms with Gasteiger partial charge in [0.25, 0.3) is 0 Å². The Labute approximate surface area is 97.4 Å². The smallest absolute Gasteiger partial charge is 0.303 e. The van der Waals surface area contributed by atoms with Gasteiger partial charge in [0.1, 0.15) is 0 Å². The average molecular weight is 229 g/mol. The van der Waals surface area contributed by atoms with Crippen LogP contribution in [0, 0.1) is 0 Å². The molecule has 0 amide bonds. The van der Waals surface area contributed by atoms with E-state index in [0.29, 0.717) is 6.10 Å². The molecule has 0 aromatic rings. The second-order valence-electron chi connectivity index (χ2n) is 4.38. The average Bonchev–Trinajstić information content (AvgIpc) is 2.29. The van der Waals surface area contributed by atoms with E-state index in [-0.39, 0.29) is 6.42 Å². The molecular weight excluding hydrogens is 206 g/mol. The second kappa shape index (κ2) is 8.53. The lowest BCUT2D eigenvalue weighted by Crippen LogP contribution is -2.25. The Hall–Kier alpha value is -0.610. The van der Waals surface area contributed by atoms with Crippen LogP contribution in [0.15, 0.2) is 0 Å². The summed E-state index contributed by atoms with van der Waals surface area (Å²) in [6.45, 7) is 2.82. The summed E-state index contributed by atoms with van der Waals surface area (Å²) in [5.41, 5.74) is 0. The van der Waals surface area contributed by atoms with Crippen molar-refractivity contribution in [1.29, 1.82) is 0 Å². The largest absolute Gasteiger partial charge is 0.481 e. The van der Waals surface area contributed by atoms with Crippen molar-refractivity contribution in [3.05, 3.63) is 0 Å². The van der Waals surface area contributed by atoms with Gasteiger partial charge in [0.15, 0.2) is 0 Å². The first kappa shape index (κ1) is 13.5. The molecule has 0 spiro atoms. The van der Waals surface area contributed by atoms with Crippen molar-refractivity contribution in [1.82, 2.24) is 5.32 Å². The van der Waals surface area contributed by atoms with Crippen LogP contribution in [-0.4, -0.2) is 36.9 Å². The van der Waals surface area contributed by atoms with Gasteiger partial charge in [-0.2, -0.15) is 0 Å². The number of carboxylic acids is 1. The Morgan fingerprint density at radius 3 is 2.88 bits per heavy atom. The zero-order valence-electron chi connectivity index (χ0n) is 9.91. The third-order valence-electron chi connectivity index (χ3n) is 2.91. The second-order valence-corrected chi connectivity index (χ2v) is 4.38. The Morgan fingerprint density at radius 1 is 1.31 bits per heavy atom. The van der Waals surface area contributed by atoms with Gasteiger partial charge in [0.05, 0.1) is 6.10 Å². The minimum absolute atomic E-state index is 0.285. The molecule has 1 aliphatic rings. The molecule has 1 rings (SSSR count). The molecule has 0 bridgehead atoms. The minimum Gasteiger partial charge on any atom is -0.481 e. The van der Waals surface area contributed by atoms with E-state index >= 15 is 0 Å². The van der Waals surface area contributed by atoms with Gasteiger partial charge in [-0.15, -0.1) is 0 Å². The van der Waals surface area contributed by atoms with Crippen LogP contribution in [0.2, 0.25) is 0 Å². The molecule has 2 N–H and O–H groups in total. The van der Waals surface area contributed by atoms with Crippen LogP contribution in [0.1, 0.15) is 44.9 Å². The Bertz CT molecular complexity index is 191. The van der Waals surface area contributed by atoms with Crippen molar-refractivity contribution in [3.8, 4) is 0 Å². The van der Waals surface area contributed by atoms with Crippen LogP contribution in [0.25, 0.3) is 0 Å². The molecule has 1 aliphatic heterocycles. The van der Waals surface area contributed by atoms with Crippen molar-refractivity contribution in [2.75, 3.05) is 19.7 Å². The molecule has 0 radical (unpaired) electrons. The molecule has 0 aromatic heterocycles. The van der Waals surface area contributed by atoms with E-state index in [1.807, 2.05) is 0 Å². The molecule has 4 heteroatoms. The summed E-state index contributed by atoms with van der Waals surface area (Å²) in [6, 6.07) is 0. The molecule has 4 nitrogen and oxygen atoms in total. The van der Waals surface area contributed by atoms with E-state index in [0.717, 1.165) is 39.0 Å². The SMILES string of the molecule is O=C(O)CCCCNCCC1CCCCO1. The first-order valence-corrected chi connectivity index (χ1v) is 6.33. The standard InChI is InChI=1S/C12H23NO3/c14-12(15)6-1-3-8-13-9-7-11-5-2-4-10-16-11/h11,13H,1-10H2,(H,14,15). The Kier molecular flexibility index (Phi) is 7.17. The first-order chi connectivity index (χ1) is 7.79. The molecular formula is C12H23NO3. The molecule has 1 unspecified atom stereocenters. The normalized spacial score (nSPS) is 20.9. The molecule has 0 aromatic carbocycles. The van der Waals surface area contributed by atoms with Crippen LogP contribution in [-0.2, 0) is 9.53 Å². The summed E-state index contributed by atoms with van der Waals surface area (Å²) in [4.78, 5) is 10.3. The number of ether oxygens (including phenoxy) is 1. The highest BCUT2D eigenvalue weighted by molar-refractivity contribution is 5.66. The van der Waals surface area contributed by atoms with Gasteiger partial charge in [-0.1, -0.05) is 0 Å². The maximum atomic E-state index is 10.3. The zero-order chi connectivity index (χ0) is 11.6. The number of carbonyl (C=O) groups is 1. The lowest BCUT2D eigenvalue weighted by Gasteiger charge is -2.22. The van der Waals surface area contributed by atoms with Gasteiger partial charge in [-0.3, -0.25) is 4.79 Å². The highest BCUT2D eigenvalue weighted by atomic mass is 16.5. The predicted octanol–water partition coefficient (Wildman–Crippen LogP) is 1.79. The fourth-order valence-electron chi connectivity index (χ4n) is 1.95. The number of rotatable bonds is 8. The lowest BCUT2D eigenvalue weighted by molar-refractivity contribution is -0.137. The minimum atomic E-state index is -0.699. The van der Waals surface area contributed by atoms with Gasteiger partial charge in [-0.25, -0.2) is 0 Å².